The van der Waals surface area contributed by atoms with Crippen molar-refractivity contribution in [1.82, 2.24) is 9.88 Å². The molecule has 0 aliphatic carbocycles. The van der Waals surface area contributed by atoms with Crippen LogP contribution in [-0.2, 0) is 0 Å². The molecule has 2 heterocycles. The van der Waals surface area contributed by atoms with Crippen LogP contribution in [-0.4, -0.2) is 47.6 Å². The van der Waals surface area contributed by atoms with Gasteiger partial charge in [-0.3, -0.25) is 4.98 Å². The Bertz CT molecular complexity index is 421. The van der Waals surface area contributed by atoms with Gasteiger partial charge in [-0.2, -0.15) is 0 Å². The smallest absolute Gasteiger partial charge is 0.106 e. The third-order valence-electron chi connectivity index (χ3n) is 3.21. The molecule has 92 valence electrons. The lowest BCUT2D eigenvalue weighted by atomic mass is 10.1. The van der Waals surface area contributed by atoms with Gasteiger partial charge in [-0.1, -0.05) is 12.2 Å². The van der Waals surface area contributed by atoms with Gasteiger partial charge in [-0.25, -0.2) is 0 Å². The molecule has 1 aliphatic heterocycles. The predicted octanol–water partition coefficient (Wildman–Crippen LogP) is 0.856. The summed E-state index contributed by atoms with van der Waals surface area (Å²) in [5.41, 5.74) is 7.74. The molecule has 17 heavy (non-hydrogen) atoms. The van der Waals surface area contributed by atoms with Gasteiger partial charge in [0, 0.05) is 37.4 Å². The van der Waals surface area contributed by atoms with Gasteiger partial charge in [0.15, 0.2) is 0 Å². The van der Waals surface area contributed by atoms with Crippen LogP contribution in [0, 0.1) is 0 Å². The van der Waals surface area contributed by atoms with Gasteiger partial charge in [-0.05, 0) is 20.0 Å². The van der Waals surface area contributed by atoms with Crippen LogP contribution >= 0.6 is 12.2 Å². The van der Waals surface area contributed by atoms with Gasteiger partial charge in [0.1, 0.15) is 4.99 Å². The number of hydrogen-bond acceptors (Lipinski definition) is 4. The minimum absolute atomic E-state index is 0.438. The van der Waals surface area contributed by atoms with Crippen molar-refractivity contribution in [2.75, 3.05) is 31.6 Å². The van der Waals surface area contributed by atoms with E-state index in [0.29, 0.717) is 11.0 Å². The number of hydrogen-bond donors (Lipinski definition) is 1. The molecule has 1 atom stereocenters. The lowest BCUT2D eigenvalue weighted by molar-refractivity contribution is 0.275. The molecular weight excluding hydrogens is 232 g/mol. The Balaban J connectivity index is 2.30. The van der Waals surface area contributed by atoms with Crippen molar-refractivity contribution < 1.29 is 0 Å². The van der Waals surface area contributed by atoms with Crippen molar-refractivity contribution in [3.8, 4) is 0 Å². The third kappa shape index (κ3) is 2.56. The first-order valence-corrected chi connectivity index (χ1v) is 6.19. The van der Waals surface area contributed by atoms with E-state index < -0.39 is 0 Å². The lowest BCUT2D eigenvalue weighted by Gasteiger charge is -2.40. The highest BCUT2D eigenvalue weighted by Gasteiger charge is 2.23. The molecule has 0 spiro atoms. The van der Waals surface area contributed by atoms with Crippen molar-refractivity contribution in [2.24, 2.45) is 5.73 Å². The first kappa shape index (κ1) is 12.3. The number of anilines is 1. The summed E-state index contributed by atoms with van der Waals surface area (Å²) in [7, 11) is 2.14. The zero-order valence-corrected chi connectivity index (χ0v) is 11.1. The second kappa shape index (κ2) is 4.98. The van der Waals surface area contributed by atoms with Crippen LogP contribution in [0.4, 0.5) is 5.69 Å². The van der Waals surface area contributed by atoms with Crippen molar-refractivity contribution in [1.29, 1.82) is 0 Å². The molecular formula is C12H18N4S. The number of piperazine rings is 1. The number of likely N-dealkylation sites (N-methyl/N-ethyl adjacent to an activating group) is 1. The van der Waals surface area contributed by atoms with Crippen LogP contribution in [0.1, 0.15) is 12.5 Å². The van der Waals surface area contributed by atoms with Crippen LogP contribution in [0.15, 0.2) is 18.5 Å². The summed E-state index contributed by atoms with van der Waals surface area (Å²) >= 11 is 5.09. The monoisotopic (exact) mass is 250 g/mol. The SMILES string of the molecule is CC1CN(C)CCN1c1cnccc1C(N)=S. The standard InChI is InChI=1S/C12H18N4S/c1-9-8-15(2)5-6-16(9)11-7-14-4-3-10(11)12(13)17/h3-4,7,9H,5-6,8H2,1-2H3,(H2,13,17). The molecule has 1 unspecified atom stereocenters. The van der Waals surface area contributed by atoms with Gasteiger partial charge < -0.3 is 15.5 Å². The highest BCUT2D eigenvalue weighted by molar-refractivity contribution is 7.80. The van der Waals surface area contributed by atoms with Gasteiger partial charge >= 0.3 is 0 Å². The van der Waals surface area contributed by atoms with E-state index >= 15 is 0 Å². The fourth-order valence-corrected chi connectivity index (χ4v) is 2.49. The average Bonchev–Trinajstić information content (AvgIpc) is 2.29. The van der Waals surface area contributed by atoms with Gasteiger partial charge in [0.05, 0.1) is 11.9 Å². The van der Waals surface area contributed by atoms with Crippen LogP contribution in [0.5, 0.6) is 0 Å². The number of thiocarbonyl (C=S) groups is 1. The Labute approximate surface area is 107 Å². The third-order valence-corrected chi connectivity index (χ3v) is 3.43. The molecule has 0 amide bonds. The highest BCUT2D eigenvalue weighted by Crippen LogP contribution is 2.23. The van der Waals surface area contributed by atoms with E-state index in [2.05, 4.69) is 28.8 Å². The number of aromatic nitrogens is 1. The summed E-state index contributed by atoms with van der Waals surface area (Å²) in [6.07, 6.45) is 3.59. The van der Waals surface area contributed by atoms with E-state index in [1.54, 1.807) is 6.20 Å². The summed E-state index contributed by atoms with van der Waals surface area (Å²) < 4.78 is 0. The molecule has 0 bridgehead atoms. The summed E-state index contributed by atoms with van der Waals surface area (Å²) in [5, 5.41) is 0. The topological polar surface area (TPSA) is 45.4 Å². The summed E-state index contributed by atoms with van der Waals surface area (Å²) in [6.45, 7) is 5.30. The molecule has 0 saturated carbocycles. The van der Waals surface area contributed by atoms with Crippen LogP contribution in [0.3, 0.4) is 0 Å². The van der Waals surface area contributed by atoms with Crippen LogP contribution in [0.25, 0.3) is 0 Å². The Morgan fingerprint density at radius 1 is 1.53 bits per heavy atom. The first-order chi connectivity index (χ1) is 8.09. The second-order valence-corrected chi connectivity index (χ2v) is 5.00. The zero-order chi connectivity index (χ0) is 12.4. The summed E-state index contributed by atoms with van der Waals surface area (Å²) in [5.74, 6) is 0. The largest absolute Gasteiger partial charge is 0.389 e. The normalized spacial score (nSPS) is 21.5. The number of nitrogens with zero attached hydrogens (tertiary/aromatic N) is 3. The number of pyridine rings is 1. The molecule has 0 aromatic carbocycles. The lowest BCUT2D eigenvalue weighted by Crippen LogP contribution is -2.51. The van der Waals surface area contributed by atoms with E-state index in [1.807, 2.05) is 12.3 Å². The summed E-state index contributed by atoms with van der Waals surface area (Å²) in [4.78, 5) is 9.29. The van der Waals surface area contributed by atoms with Gasteiger partial charge in [-0.15, -0.1) is 0 Å². The van der Waals surface area contributed by atoms with Crippen molar-refractivity contribution in [2.45, 2.75) is 13.0 Å². The molecule has 0 radical (unpaired) electrons. The quantitative estimate of drug-likeness (QED) is 0.789. The van der Waals surface area contributed by atoms with Gasteiger partial charge in [0.25, 0.3) is 0 Å². The Kier molecular flexibility index (Phi) is 3.59. The summed E-state index contributed by atoms with van der Waals surface area (Å²) in [6, 6.07) is 2.34. The average molecular weight is 250 g/mol. The Hall–Kier alpha value is -1.20. The molecule has 2 rings (SSSR count). The molecule has 1 saturated heterocycles. The molecule has 2 N–H and O–H groups in total. The van der Waals surface area contributed by atoms with Crippen LogP contribution < -0.4 is 10.6 Å². The van der Waals surface area contributed by atoms with Crippen molar-refractivity contribution in [3.63, 3.8) is 0 Å². The van der Waals surface area contributed by atoms with Crippen molar-refractivity contribution >= 4 is 22.9 Å². The maximum atomic E-state index is 5.76. The predicted molar refractivity (Wildman–Crippen MR) is 74.4 cm³/mol. The minimum atomic E-state index is 0.438. The van der Waals surface area contributed by atoms with E-state index in [1.165, 1.54) is 0 Å². The number of rotatable bonds is 2. The van der Waals surface area contributed by atoms with Crippen molar-refractivity contribution in [3.05, 3.63) is 24.0 Å². The Morgan fingerprint density at radius 3 is 2.94 bits per heavy atom. The zero-order valence-electron chi connectivity index (χ0n) is 10.3. The molecule has 4 nitrogen and oxygen atoms in total. The first-order valence-electron chi connectivity index (χ1n) is 5.78. The van der Waals surface area contributed by atoms with E-state index in [-0.39, 0.29) is 0 Å². The molecule has 5 heteroatoms. The van der Waals surface area contributed by atoms with Gasteiger partial charge in [0.2, 0.25) is 0 Å². The van der Waals surface area contributed by atoms with E-state index in [9.17, 15) is 0 Å². The highest BCUT2D eigenvalue weighted by atomic mass is 32.1. The molecule has 1 aliphatic rings. The van der Waals surface area contributed by atoms with E-state index in [4.69, 9.17) is 18.0 Å². The molecule has 1 fully saturated rings. The minimum Gasteiger partial charge on any atom is -0.389 e. The maximum Gasteiger partial charge on any atom is 0.106 e. The van der Waals surface area contributed by atoms with Crippen LogP contribution in [0.2, 0.25) is 0 Å². The van der Waals surface area contributed by atoms with E-state index in [0.717, 1.165) is 30.9 Å². The molecule has 1 aromatic heterocycles. The fraction of sp³-hybridized carbons (Fsp3) is 0.500. The maximum absolute atomic E-state index is 5.76. The fourth-order valence-electron chi connectivity index (χ4n) is 2.32. The second-order valence-electron chi connectivity index (χ2n) is 4.56. The Morgan fingerprint density at radius 2 is 2.29 bits per heavy atom. The number of nitrogens with two attached hydrogens (primary N) is 1. The molecule has 1 aromatic rings.